The van der Waals surface area contributed by atoms with Gasteiger partial charge in [-0.25, -0.2) is 4.79 Å². The van der Waals surface area contributed by atoms with E-state index in [4.69, 9.17) is 5.73 Å². The van der Waals surface area contributed by atoms with E-state index in [1.54, 1.807) is 0 Å². The minimum absolute atomic E-state index is 0.0567. The van der Waals surface area contributed by atoms with Gasteiger partial charge in [0.05, 0.1) is 7.05 Å². The molecule has 1 atom stereocenters. The Morgan fingerprint density at radius 2 is 1.85 bits per heavy atom. The van der Waals surface area contributed by atoms with Crippen molar-refractivity contribution in [3.8, 4) is 0 Å². The van der Waals surface area contributed by atoms with E-state index in [-0.39, 0.29) is 23.7 Å². The van der Waals surface area contributed by atoms with Crippen LogP contribution in [-0.4, -0.2) is 43.0 Å². The number of nitrogens with zero attached hydrogens (tertiary/aromatic N) is 2. The monoisotopic (exact) mass is 374 g/mol. The van der Waals surface area contributed by atoms with Crippen LogP contribution in [0.4, 0.5) is 11.5 Å². The summed E-state index contributed by atoms with van der Waals surface area (Å²) in [7, 11) is 5.83. The molecule has 1 heterocycles. The number of quaternary nitrogens is 1. The summed E-state index contributed by atoms with van der Waals surface area (Å²) in [6.45, 7) is 2.97. The summed E-state index contributed by atoms with van der Waals surface area (Å²) >= 11 is 0. The summed E-state index contributed by atoms with van der Waals surface area (Å²) in [5, 5.41) is 0. The molecule has 27 heavy (non-hydrogen) atoms. The van der Waals surface area contributed by atoms with Gasteiger partial charge in [0.25, 0.3) is 5.56 Å². The number of aromatic nitrogens is 2. The van der Waals surface area contributed by atoms with Crippen LogP contribution in [0, 0.1) is 0 Å². The first kappa shape index (κ1) is 20.4. The molecule has 1 aromatic heterocycles. The van der Waals surface area contributed by atoms with Crippen LogP contribution >= 0.6 is 0 Å². The van der Waals surface area contributed by atoms with E-state index in [0.717, 1.165) is 16.2 Å². The Balaban J connectivity index is 2.15. The van der Waals surface area contributed by atoms with Gasteiger partial charge in [-0.15, -0.1) is 0 Å². The molecule has 0 bridgehead atoms. The second-order valence-electron chi connectivity index (χ2n) is 6.97. The summed E-state index contributed by atoms with van der Waals surface area (Å²) in [4.78, 5) is 41.8. The van der Waals surface area contributed by atoms with Crippen LogP contribution in [0.25, 0.3) is 0 Å². The van der Waals surface area contributed by atoms with Crippen LogP contribution in [0.1, 0.15) is 29.3 Å². The molecule has 0 aliphatic carbocycles. The molecular formula is C19H28N5O3+. The van der Waals surface area contributed by atoms with E-state index < -0.39 is 11.2 Å². The molecule has 1 aromatic carbocycles. The highest BCUT2D eigenvalue weighted by molar-refractivity contribution is 6.00. The largest absolute Gasteiger partial charge is 0.384 e. The smallest absolute Gasteiger partial charge is 0.329 e. The highest BCUT2D eigenvalue weighted by Gasteiger charge is 2.22. The van der Waals surface area contributed by atoms with Gasteiger partial charge in [-0.2, -0.15) is 0 Å². The third kappa shape index (κ3) is 4.85. The van der Waals surface area contributed by atoms with Gasteiger partial charge in [0.1, 0.15) is 24.5 Å². The third-order valence-electron chi connectivity index (χ3n) is 4.39. The van der Waals surface area contributed by atoms with E-state index in [2.05, 4.69) is 4.98 Å². The number of aromatic amines is 1. The zero-order chi connectivity index (χ0) is 20.1. The predicted octanol–water partition coefficient (Wildman–Crippen LogP) is -0.508. The average molecular weight is 374 g/mol. The summed E-state index contributed by atoms with van der Waals surface area (Å²) in [6.07, 6.45) is 0.665. The maximum absolute atomic E-state index is 12.7. The molecule has 146 valence electrons. The maximum atomic E-state index is 12.7. The molecule has 0 saturated heterocycles. The number of nitrogens with two attached hydrogens (primary N) is 1. The number of likely N-dealkylation sites (N-methyl/N-ethyl adjacent to an activating group) is 1. The number of H-pyrrole nitrogens is 1. The van der Waals surface area contributed by atoms with E-state index >= 15 is 0 Å². The fourth-order valence-corrected chi connectivity index (χ4v) is 2.99. The first-order valence-corrected chi connectivity index (χ1v) is 8.98. The highest BCUT2D eigenvalue weighted by Crippen LogP contribution is 2.11. The number of hydrogen-bond donors (Lipinski definition) is 3. The molecule has 0 fully saturated rings. The Hall–Kier alpha value is -2.87. The van der Waals surface area contributed by atoms with Gasteiger partial charge in [-0.05, 0) is 18.6 Å². The van der Waals surface area contributed by atoms with Crippen LogP contribution < -0.4 is 26.8 Å². The molecule has 0 aliphatic heterocycles. The standard InChI is InChI=1S/C19H27N5O3/c1-5-10-24-17(20)16(18(26)21-19(24)27)15(25)12-23(4)11-13-6-8-14(9-7-13)22(2)3/h6-9H,5,10-12,20H2,1-4H3,(H,21,26,27)/p+1. The molecule has 0 saturated carbocycles. The summed E-state index contributed by atoms with van der Waals surface area (Å²) in [5.74, 6) is -0.431. The van der Waals surface area contributed by atoms with Crippen molar-refractivity contribution in [2.75, 3.05) is 38.3 Å². The molecule has 1 unspecified atom stereocenters. The third-order valence-corrected chi connectivity index (χ3v) is 4.39. The van der Waals surface area contributed by atoms with Crippen molar-refractivity contribution < 1.29 is 9.69 Å². The lowest BCUT2D eigenvalue weighted by Crippen LogP contribution is -3.08. The number of nitrogen functional groups attached to an aromatic ring is 1. The van der Waals surface area contributed by atoms with Crippen molar-refractivity contribution in [1.29, 1.82) is 0 Å². The summed E-state index contributed by atoms with van der Waals surface area (Å²) in [5.41, 5.74) is 6.70. The Morgan fingerprint density at radius 1 is 1.22 bits per heavy atom. The second-order valence-corrected chi connectivity index (χ2v) is 6.97. The summed E-state index contributed by atoms with van der Waals surface area (Å²) in [6, 6.07) is 8.08. The number of anilines is 2. The highest BCUT2D eigenvalue weighted by atomic mass is 16.2. The number of nitrogens with one attached hydrogen (secondary N) is 2. The van der Waals surface area contributed by atoms with E-state index in [9.17, 15) is 14.4 Å². The van der Waals surface area contributed by atoms with Gasteiger partial charge in [0.15, 0.2) is 0 Å². The topological polar surface area (TPSA) is 106 Å². The molecule has 2 aromatic rings. The summed E-state index contributed by atoms with van der Waals surface area (Å²) < 4.78 is 1.24. The number of benzene rings is 1. The molecule has 0 amide bonds. The van der Waals surface area contributed by atoms with Crippen molar-refractivity contribution in [2.24, 2.45) is 0 Å². The van der Waals surface area contributed by atoms with Crippen LogP contribution in [0.5, 0.6) is 0 Å². The molecular weight excluding hydrogens is 346 g/mol. The van der Waals surface area contributed by atoms with Gasteiger partial charge < -0.3 is 15.5 Å². The lowest BCUT2D eigenvalue weighted by molar-refractivity contribution is -0.884. The maximum Gasteiger partial charge on any atom is 0.329 e. The van der Waals surface area contributed by atoms with Gasteiger partial charge in [-0.3, -0.25) is 19.1 Å². The van der Waals surface area contributed by atoms with Crippen molar-refractivity contribution in [2.45, 2.75) is 26.4 Å². The minimum Gasteiger partial charge on any atom is -0.384 e. The first-order valence-electron chi connectivity index (χ1n) is 8.98. The van der Waals surface area contributed by atoms with Crippen LogP contribution in [0.3, 0.4) is 0 Å². The number of Topliss-reactive ketones (excluding diaryl/α,β-unsaturated/α-hetero) is 1. The molecule has 0 radical (unpaired) electrons. The zero-order valence-electron chi connectivity index (χ0n) is 16.3. The lowest BCUT2D eigenvalue weighted by Gasteiger charge is -2.16. The number of rotatable bonds is 8. The van der Waals surface area contributed by atoms with Crippen LogP contribution in [-0.2, 0) is 13.1 Å². The SMILES string of the molecule is CCCn1c(N)c(C(=O)C[NH+](C)Cc2ccc(N(C)C)cc2)c(=O)[nH]c1=O. The van der Waals surface area contributed by atoms with Crippen LogP contribution in [0.2, 0.25) is 0 Å². The van der Waals surface area contributed by atoms with Gasteiger partial charge >= 0.3 is 5.69 Å². The lowest BCUT2D eigenvalue weighted by atomic mass is 10.1. The molecule has 4 N–H and O–H groups in total. The zero-order valence-corrected chi connectivity index (χ0v) is 16.3. The van der Waals surface area contributed by atoms with Crippen molar-refractivity contribution in [3.05, 3.63) is 56.2 Å². The molecule has 0 spiro atoms. The fourth-order valence-electron chi connectivity index (χ4n) is 2.99. The van der Waals surface area contributed by atoms with Crippen molar-refractivity contribution in [1.82, 2.24) is 9.55 Å². The van der Waals surface area contributed by atoms with Crippen LogP contribution in [0.15, 0.2) is 33.9 Å². The average Bonchev–Trinajstić information content (AvgIpc) is 2.58. The molecule has 8 heteroatoms. The van der Waals surface area contributed by atoms with Gasteiger partial charge in [-0.1, -0.05) is 19.1 Å². The number of ketones is 1. The van der Waals surface area contributed by atoms with Gasteiger partial charge in [0.2, 0.25) is 5.78 Å². The second kappa shape index (κ2) is 8.68. The molecule has 0 aliphatic rings. The fraction of sp³-hybridized carbons (Fsp3) is 0.421. The number of hydrogen-bond acceptors (Lipinski definition) is 5. The quantitative estimate of drug-likeness (QED) is 0.540. The Morgan fingerprint density at radius 3 is 2.41 bits per heavy atom. The van der Waals surface area contributed by atoms with Gasteiger partial charge in [0, 0.05) is 31.9 Å². The van der Waals surface area contributed by atoms with Crippen molar-refractivity contribution >= 4 is 17.3 Å². The Kier molecular flexibility index (Phi) is 6.57. The molecule has 8 nitrogen and oxygen atoms in total. The first-order chi connectivity index (χ1) is 12.7. The van der Waals surface area contributed by atoms with E-state index in [1.165, 1.54) is 4.57 Å². The van der Waals surface area contributed by atoms with Crippen molar-refractivity contribution in [3.63, 3.8) is 0 Å². The number of carbonyl (C=O) groups excluding carboxylic acids is 1. The minimum atomic E-state index is -0.724. The Labute approximate surface area is 158 Å². The predicted molar refractivity (Wildman–Crippen MR) is 107 cm³/mol. The van der Waals surface area contributed by atoms with E-state index in [0.29, 0.717) is 19.5 Å². The Bertz CT molecular complexity index is 912. The normalized spacial score (nSPS) is 12.0. The van der Waals surface area contributed by atoms with E-state index in [1.807, 2.05) is 57.2 Å². The number of carbonyl (C=O) groups is 1. The molecule has 2 rings (SSSR count).